The molecule has 0 fully saturated rings. The van der Waals surface area contributed by atoms with Crippen LogP contribution in [0.4, 0.5) is 4.39 Å². The van der Waals surface area contributed by atoms with Gasteiger partial charge < -0.3 is 0 Å². The molecule has 7 heteroatoms. The number of carbonyl (C=O) groups excluding carboxylic acids is 2. The van der Waals surface area contributed by atoms with Crippen molar-refractivity contribution in [2.24, 2.45) is 0 Å². The van der Waals surface area contributed by atoms with Gasteiger partial charge in [0.25, 0.3) is 11.8 Å². The molecule has 0 saturated carbocycles. The quantitative estimate of drug-likeness (QED) is 0.697. The Morgan fingerprint density at radius 3 is 2.42 bits per heavy atom. The van der Waals surface area contributed by atoms with E-state index in [1.54, 1.807) is 42.5 Å². The van der Waals surface area contributed by atoms with E-state index in [1.807, 2.05) is 6.07 Å². The van der Waals surface area contributed by atoms with E-state index in [4.69, 9.17) is 5.26 Å². The second-order valence-corrected chi connectivity index (χ2v) is 6.36. The van der Waals surface area contributed by atoms with Gasteiger partial charge in [0.2, 0.25) is 0 Å². The van der Waals surface area contributed by atoms with Crippen LogP contribution in [0.3, 0.4) is 0 Å². The number of hydrogen-bond donors (Lipinski definition) is 2. The van der Waals surface area contributed by atoms with Gasteiger partial charge in [0.15, 0.2) is 0 Å². The molecule has 2 amide bonds. The molecule has 1 heterocycles. The van der Waals surface area contributed by atoms with Crippen LogP contribution in [0.25, 0.3) is 10.4 Å². The van der Waals surface area contributed by atoms with Gasteiger partial charge in [-0.25, -0.2) is 4.39 Å². The summed E-state index contributed by atoms with van der Waals surface area (Å²) in [6.07, 6.45) is 0. The van der Waals surface area contributed by atoms with E-state index in [0.29, 0.717) is 10.4 Å². The lowest BCUT2D eigenvalue weighted by Gasteiger charge is -2.06. The Kier molecular flexibility index (Phi) is 5.06. The Balaban J connectivity index is 1.64. The van der Waals surface area contributed by atoms with Crippen molar-refractivity contribution < 1.29 is 14.0 Å². The van der Waals surface area contributed by atoms with Gasteiger partial charge >= 0.3 is 0 Å². The molecule has 3 rings (SSSR count). The second-order valence-electron chi connectivity index (χ2n) is 5.27. The van der Waals surface area contributed by atoms with Crippen LogP contribution in [0.2, 0.25) is 0 Å². The van der Waals surface area contributed by atoms with Crippen molar-refractivity contribution in [1.82, 2.24) is 10.9 Å². The fraction of sp³-hybridized carbons (Fsp3) is 0. The molecule has 0 aliphatic rings. The average molecular weight is 365 g/mol. The van der Waals surface area contributed by atoms with Crippen molar-refractivity contribution >= 4 is 23.2 Å². The standard InChI is InChI=1S/C19H12FN3O2S/c20-15-6-4-13(5-7-15)16-8-9-17(26-16)19(25)23-22-18(24)14-3-1-2-12(10-14)11-21/h1-10H,(H,22,24)(H,23,25). The molecule has 0 bridgehead atoms. The smallest absolute Gasteiger partial charge is 0.267 e. The molecule has 2 aromatic carbocycles. The van der Waals surface area contributed by atoms with Crippen LogP contribution in [0, 0.1) is 17.1 Å². The first-order valence-corrected chi connectivity index (χ1v) is 8.35. The highest BCUT2D eigenvalue weighted by Gasteiger charge is 2.12. The lowest BCUT2D eigenvalue weighted by molar-refractivity contribution is 0.0849. The second kappa shape index (κ2) is 7.59. The van der Waals surface area contributed by atoms with Crippen molar-refractivity contribution in [3.63, 3.8) is 0 Å². The maximum Gasteiger partial charge on any atom is 0.279 e. The van der Waals surface area contributed by atoms with Crippen molar-refractivity contribution in [1.29, 1.82) is 5.26 Å². The van der Waals surface area contributed by atoms with Crippen LogP contribution in [0.1, 0.15) is 25.6 Å². The molecule has 0 aliphatic carbocycles. The molecule has 1 aromatic heterocycles. The summed E-state index contributed by atoms with van der Waals surface area (Å²) in [6, 6.07) is 17.4. The number of halogens is 1. The highest BCUT2D eigenvalue weighted by atomic mass is 32.1. The molecule has 26 heavy (non-hydrogen) atoms. The minimum atomic E-state index is -0.522. The van der Waals surface area contributed by atoms with Crippen molar-refractivity contribution in [3.05, 3.63) is 82.5 Å². The van der Waals surface area contributed by atoms with Crippen LogP contribution >= 0.6 is 11.3 Å². The number of hydrazine groups is 1. The maximum absolute atomic E-state index is 13.0. The van der Waals surface area contributed by atoms with Crippen LogP contribution in [-0.2, 0) is 0 Å². The van der Waals surface area contributed by atoms with E-state index < -0.39 is 11.8 Å². The molecule has 0 atom stereocenters. The van der Waals surface area contributed by atoms with Crippen molar-refractivity contribution in [2.75, 3.05) is 0 Å². The number of nitrogens with one attached hydrogen (secondary N) is 2. The minimum Gasteiger partial charge on any atom is -0.267 e. The van der Waals surface area contributed by atoms with Gasteiger partial charge in [-0.05, 0) is 48.0 Å². The van der Waals surface area contributed by atoms with E-state index in [1.165, 1.54) is 29.5 Å². The largest absolute Gasteiger partial charge is 0.279 e. The molecular formula is C19H12FN3O2S. The number of benzene rings is 2. The summed E-state index contributed by atoms with van der Waals surface area (Å²) in [6.45, 7) is 0. The molecule has 0 radical (unpaired) electrons. The van der Waals surface area contributed by atoms with Crippen LogP contribution in [-0.4, -0.2) is 11.8 Å². The Labute approximate surface area is 152 Å². The van der Waals surface area contributed by atoms with Crippen molar-refractivity contribution in [2.45, 2.75) is 0 Å². The summed E-state index contributed by atoms with van der Waals surface area (Å²) in [5.74, 6) is -1.31. The topological polar surface area (TPSA) is 82.0 Å². The Bertz CT molecular complexity index is 1010. The zero-order valence-corrected chi connectivity index (χ0v) is 14.1. The van der Waals surface area contributed by atoms with Crippen LogP contribution in [0.5, 0.6) is 0 Å². The predicted molar refractivity (Wildman–Crippen MR) is 95.8 cm³/mol. The molecule has 0 aliphatic heterocycles. The summed E-state index contributed by atoms with van der Waals surface area (Å²) in [5.41, 5.74) is 6.07. The lowest BCUT2D eigenvalue weighted by atomic mass is 10.1. The van der Waals surface area contributed by atoms with Gasteiger partial charge in [-0.1, -0.05) is 18.2 Å². The number of amides is 2. The number of nitrogens with zero attached hydrogens (tertiary/aromatic N) is 1. The molecule has 0 unspecified atom stereocenters. The summed E-state index contributed by atoms with van der Waals surface area (Å²) < 4.78 is 13.0. The van der Waals surface area contributed by atoms with Gasteiger partial charge in [0.05, 0.1) is 16.5 Å². The monoisotopic (exact) mass is 365 g/mol. The number of nitriles is 1. The number of hydrogen-bond acceptors (Lipinski definition) is 4. The summed E-state index contributed by atoms with van der Waals surface area (Å²) in [7, 11) is 0. The first-order valence-electron chi connectivity index (χ1n) is 7.53. The molecule has 128 valence electrons. The van der Waals surface area contributed by atoms with Gasteiger partial charge in [0.1, 0.15) is 5.82 Å². The fourth-order valence-electron chi connectivity index (χ4n) is 2.21. The van der Waals surface area contributed by atoms with Crippen LogP contribution < -0.4 is 10.9 Å². The average Bonchev–Trinajstić information content (AvgIpc) is 3.16. The van der Waals surface area contributed by atoms with Gasteiger partial charge in [-0.15, -0.1) is 11.3 Å². The molecule has 0 saturated heterocycles. The Morgan fingerprint density at radius 2 is 1.69 bits per heavy atom. The zero-order chi connectivity index (χ0) is 18.5. The van der Waals surface area contributed by atoms with Crippen molar-refractivity contribution in [3.8, 4) is 16.5 Å². The maximum atomic E-state index is 13.0. The SMILES string of the molecule is N#Cc1cccc(C(=O)NNC(=O)c2ccc(-c3ccc(F)cc3)s2)c1. The Morgan fingerprint density at radius 1 is 0.962 bits per heavy atom. The van der Waals surface area contributed by atoms with E-state index in [9.17, 15) is 14.0 Å². The molecular weight excluding hydrogens is 353 g/mol. The zero-order valence-electron chi connectivity index (χ0n) is 13.3. The molecule has 5 nitrogen and oxygen atoms in total. The first kappa shape index (κ1) is 17.3. The molecule has 3 aromatic rings. The van der Waals surface area contributed by atoms with E-state index in [-0.39, 0.29) is 11.4 Å². The van der Waals surface area contributed by atoms with E-state index >= 15 is 0 Å². The Hall–Kier alpha value is -3.50. The highest BCUT2D eigenvalue weighted by Crippen LogP contribution is 2.28. The third-order valence-corrected chi connectivity index (χ3v) is 4.64. The van der Waals surface area contributed by atoms with Gasteiger partial charge in [0, 0.05) is 10.4 Å². The number of carbonyl (C=O) groups is 2. The number of rotatable bonds is 3. The third kappa shape index (κ3) is 3.94. The van der Waals surface area contributed by atoms with Gasteiger partial charge in [-0.3, -0.25) is 20.4 Å². The van der Waals surface area contributed by atoms with E-state index in [2.05, 4.69) is 10.9 Å². The van der Waals surface area contributed by atoms with Gasteiger partial charge in [-0.2, -0.15) is 5.26 Å². The lowest BCUT2D eigenvalue weighted by Crippen LogP contribution is -2.41. The molecule has 2 N–H and O–H groups in total. The third-order valence-electron chi connectivity index (χ3n) is 3.50. The number of thiophene rings is 1. The summed E-state index contributed by atoms with van der Waals surface area (Å²) >= 11 is 1.22. The molecule has 0 spiro atoms. The fourth-order valence-corrected chi connectivity index (χ4v) is 3.11. The normalized spacial score (nSPS) is 10.0. The summed E-state index contributed by atoms with van der Waals surface area (Å²) in [5, 5.41) is 8.85. The van der Waals surface area contributed by atoms with E-state index in [0.717, 1.165) is 10.4 Å². The highest BCUT2D eigenvalue weighted by molar-refractivity contribution is 7.17. The minimum absolute atomic E-state index is 0.266. The summed E-state index contributed by atoms with van der Waals surface area (Å²) in [4.78, 5) is 25.4. The predicted octanol–water partition coefficient (Wildman–Crippen LogP) is 3.50. The first-order chi connectivity index (χ1) is 12.6. The van der Waals surface area contributed by atoms with Crippen LogP contribution in [0.15, 0.2) is 60.7 Å².